The summed E-state index contributed by atoms with van der Waals surface area (Å²) in [6, 6.07) is 3.64. The van der Waals surface area contributed by atoms with Gasteiger partial charge >= 0.3 is 12.1 Å². The number of carbonyl (C=O) groups is 1. The number of aromatic nitrogens is 1. The van der Waals surface area contributed by atoms with Gasteiger partial charge in [-0.2, -0.15) is 13.2 Å². The van der Waals surface area contributed by atoms with Crippen molar-refractivity contribution < 1.29 is 32.7 Å². The molecule has 0 saturated carbocycles. The van der Waals surface area contributed by atoms with Crippen LogP contribution in [-0.2, 0) is 6.18 Å². The number of nitrogens with zero attached hydrogens (tertiary/aromatic N) is 1. The van der Waals surface area contributed by atoms with Crippen LogP contribution in [-0.4, -0.2) is 21.3 Å². The van der Waals surface area contributed by atoms with E-state index in [9.17, 15) is 23.1 Å². The summed E-state index contributed by atoms with van der Waals surface area (Å²) in [6.45, 7) is 0. The van der Waals surface area contributed by atoms with Crippen molar-refractivity contribution in [2.75, 3.05) is 0 Å². The van der Waals surface area contributed by atoms with Crippen molar-refractivity contribution in [2.45, 2.75) is 6.18 Å². The molecule has 0 fully saturated rings. The molecule has 1 aromatic carbocycles. The summed E-state index contributed by atoms with van der Waals surface area (Å²) >= 11 is 0. The van der Waals surface area contributed by atoms with E-state index in [1.807, 2.05) is 0 Å². The highest BCUT2D eigenvalue weighted by Gasteiger charge is 2.36. The fourth-order valence-electron chi connectivity index (χ4n) is 1.54. The first-order chi connectivity index (χ1) is 8.80. The van der Waals surface area contributed by atoms with E-state index < -0.39 is 40.5 Å². The van der Waals surface area contributed by atoms with Gasteiger partial charge in [0.15, 0.2) is 0 Å². The first-order valence-corrected chi connectivity index (χ1v) is 4.90. The Labute approximate surface area is 103 Å². The zero-order valence-corrected chi connectivity index (χ0v) is 9.10. The molecular weight excluding hydrogens is 267 g/mol. The predicted octanol–water partition coefficient (Wildman–Crippen LogP) is 2.76. The topological polar surface area (TPSA) is 83.6 Å². The fourth-order valence-corrected chi connectivity index (χ4v) is 1.54. The van der Waals surface area contributed by atoms with E-state index in [-0.39, 0.29) is 0 Å². The number of aromatic hydroxyl groups is 1. The highest BCUT2D eigenvalue weighted by molar-refractivity contribution is 5.86. The Kier molecular flexibility index (Phi) is 2.93. The molecule has 0 aliphatic heterocycles. The van der Waals surface area contributed by atoms with Crippen molar-refractivity contribution >= 4 is 5.97 Å². The Morgan fingerprint density at radius 1 is 1.32 bits per heavy atom. The van der Waals surface area contributed by atoms with Crippen LogP contribution in [0.5, 0.6) is 5.75 Å². The smallest absolute Gasteiger partial charge is 0.417 e. The van der Waals surface area contributed by atoms with Crippen LogP contribution in [0.15, 0.2) is 28.8 Å². The molecule has 8 heteroatoms. The van der Waals surface area contributed by atoms with E-state index in [2.05, 4.69) is 9.68 Å². The monoisotopic (exact) mass is 273 g/mol. The van der Waals surface area contributed by atoms with Crippen molar-refractivity contribution in [3.05, 3.63) is 35.6 Å². The van der Waals surface area contributed by atoms with Gasteiger partial charge in [-0.15, -0.1) is 0 Å². The van der Waals surface area contributed by atoms with E-state index >= 15 is 0 Å². The maximum absolute atomic E-state index is 12.8. The molecule has 0 radical (unpaired) electrons. The first-order valence-electron chi connectivity index (χ1n) is 4.90. The maximum atomic E-state index is 12.8. The van der Waals surface area contributed by atoms with Crippen LogP contribution in [0, 0.1) is 0 Å². The molecule has 5 nitrogen and oxygen atoms in total. The SMILES string of the molecule is O=C(O)c1cc(-c2c(O)cccc2C(F)(F)F)no1. The van der Waals surface area contributed by atoms with Gasteiger partial charge < -0.3 is 14.7 Å². The molecule has 2 aromatic rings. The molecule has 19 heavy (non-hydrogen) atoms. The third-order valence-electron chi connectivity index (χ3n) is 2.32. The number of alkyl halides is 3. The van der Waals surface area contributed by atoms with Gasteiger partial charge in [0.1, 0.15) is 11.4 Å². The molecule has 100 valence electrons. The zero-order chi connectivity index (χ0) is 14.2. The Bertz CT molecular complexity index is 633. The maximum Gasteiger partial charge on any atom is 0.417 e. The number of rotatable bonds is 2. The molecule has 2 rings (SSSR count). The quantitative estimate of drug-likeness (QED) is 0.878. The van der Waals surface area contributed by atoms with Gasteiger partial charge in [-0.1, -0.05) is 11.2 Å². The highest BCUT2D eigenvalue weighted by Crippen LogP contribution is 2.41. The Morgan fingerprint density at radius 3 is 2.53 bits per heavy atom. The van der Waals surface area contributed by atoms with Crippen molar-refractivity contribution in [1.29, 1.82) is 0 Å². The molecular formula is C11H6F3NO4. The molecule has 0 aliphatic carbocycles. The summed E-state index contributed by atoms with van der Waals surface area (Å²) in [7, 11) is 0. The van der Waals surface area contributed by atoms with Crippen molar-refractivity contribution in [3.8, 4) is 17.0 Å². The number of hydrogen-bond acceptors (Lipinski definition) is 4. The zero-order valence-electron chi connectivity index (χ0n) is 9.10. The van der Waals surface area contributed by atoms with Crippen LogP contribution in [0.4, 0.5) is 13.2 Å². The van der Waals surface area contributed by atoms with E-state index in [0.29, 0.717) is 0 Å². The number of benzene rings is 1. The number of halogens is 3. The van der Waals surface area contributed by atoms with Crippen molar-refractivity contribution in [3.63, 3.8) is 0 Å². The third kappa shape index (κ3) is 2.37. The molecule has 2 N–H and O–H groups in total. The van der Waals surface area contributed by atoms with Gasteiger partial charge in [0, 0.05) is 6.07 Å². The summed E-state index contributed by atoms with van der Waals surface area (Å²) in [6.07, 6.45) is -4.71. The number of carboxylic acid groups (broad SMARTS) is 1. The molecule has 1 aromatic heterocycles. The van der Waals surface area contributed by atoms with E-state index in [4.69, 9.17) is 5.11 Å². The van der Waals surface area contributed by atoms with E-state index in [1.165, 1.54) is 0 Å². The van der Waals surface area contributed by atoms with Gasteiger partial charge in [-0.25, -0.2) is 4.79 Å². The van der Waals surface area contributed by atoms with Gasteiger partial charge in [0.25, 0.3) is 0 Å². The second-order valence-corrected chi connectivity index (χ2v) is 3.58. The normalized spacial score (nSPS) is 11.5. The van der Waals surface area contributed by atoms with Crippen molar-refractivity contribution in [2.24, 2.45) is 0 Å². The molecule has 0 unspecified atom stereocenters. The van der Waals surface area contributed by atoms with Crippen LogP contribution >= 0.6 is 0 Å². The molecule has 1 heterocycles. The molecule has 0 spiro atoms. The largest absolute Gasteiger partial charge is 0.507 e. The summed E-state index contributed by atoms with van der Waals surface area (Å²) in [5.41, 5.74) is -2.15. The Morgan fingerprint density at radius 2 is 2.00 bits per heavy atom. The summed E-state index contributed by atoms with van der Waals surface area (Å²) < 4.78 is 42.8. The average molecular weight is 273 g/mol. The lowest BCUT2D eigenvalue weighted by atomic mass is 10.0. The molecule has 0 atom stereocenters. The van der Waals surface area contributed by atoms with E-state index in [1.54, 1.807) is 0 Å². The Balaban J connectivity index is 2.63. The van der Waals surface area contributed by atoms with Gasteiger partial charge in [-0.3, -0.25) is 0 Å². The van der Waals surface area contributed by atoms with Crippen LogP contribution in [0.25, 0.3) is 11.3 Å². The first kappa shape index (κ1) is 12.9. The molecule has 0 saturated heterocycles. The number of hydrogen-bond donors (Lipinski definition) is 2. The standard InChI is InChI=1S/C11H6F3NO4/c12-11(13,14)5-2-1-3-7(16)9(5)6-4-8(10(17)18)19-15-6/h1-4,16H,(H,17,18). The summed E-state index contributed by atoms with van der Waals surface area (Å²) in [5.74, 6) is -2.76. The second kappa shape index (κ2) is 4.30. The minimum absolute atomic E-state index is 0.400. The summed E-state index contributed by atoms with van der Waals surface area (Å²) in [5, 5.41) is 21.4. The molecule has 0 bridgehead atoms. The number of aromatic carboxylic acids is 1. The van der Waals surface area contributed by atoms with Crippen LogP contribution in [0.2, 0.25) is 0 Å². The predicted molar refractivity (Wildman–Crippen MR) is 55.6 cm³/mol. The minimum Gasteiger partial charge on any atom is -0.507 e. The van der Waals surface area contributed by atoms with Crippen LogP contribution in [0.1, 0.15) is 16.1 Å². The van der Waals surface area contributed by atoms with Gasteiger partial charge in [0.05, 0.1) is 11.1 Å². The number of phenols is 1. The van der Waals surface area contributed by atoms with Gasteiger partial charge in [0.2, 0.25) is 5.76 Å². The lowest BCUT2D eigenvalue weighted by Gasteiger charge is -2.11. The highest BCUT2D eigenvalue weighted by atomic mass is 19.4. The third-order valence-corrected chi connectivity index (χ3v) is 2.32. The van der Waals surface area contributed by atoms with Crippen LogP contribution in [0.3, 0.4) is 0 Å². The van der Waals surface area contributed by atoms with Crippen LogP contribution < -0.4 is 0 Å². The minimum atomic E-state index is -4.71. The average Bonchev–Trinajstić information content (AvgIpc) is 2.76. The fraction of sp³-hybridized carbons (Fsp3) is 0.0909. The lowest BCUT2D eigenvalue weighted by molar-refractivity contribution is -0.137. The number of carboxylic acids is 1. The Hall–Kier alpha value is -2.51. The molecule has 0 aliphatic rings. The summed E-state index contributed by atoms with van der Waals surface area (Å²) in [4.78, 5) is 10.6. The second-order valence-electron chi connectivity index (χ2n) is 3.58. The number of phenolic OH excluding ortho intramolecular Hbond substituents is 1. The van der Waals surface area contributed by atoms with Crippen molar-refractivity contribution in [1.82, 2.24) is 5.16 Å². The lowest BCUT2D eigenvalue weighted by Crippen LogP contribution is -2.07. The van der Waals surface area contributed by atoms with E-state index in [0.717, 1.165) is 24.3 Å². The van der Waals surface area contributed by atoms with Gasteiger partial charge in [-0.05, 0) is 12.1 Å². The molecule has 0 amide bonds.